The van der Waals surface area contributed by atoms with E-state index in [1.165, 1.54) is 6.92 Å². The molecule has 7 nitrogen and oxygen atoms in total. The second-order valence-corrected chi connectivity index (χ2v) is 6.05. The summed E-state index contributed by atoms with van der Waals surface area (Å²) in [4.78, 5) is 35.6. The lowest BCUT2D eigenvalue weighted by molar-refractivity contribution is -0.115. The Morgan fingerprint density at radius 1 is 0.889 bits per heavy atom. The Labute approximate surface area is 157 Å². The molecule has 0 saturated carbocycles. The number of amides is 3. The fourth-order valence-corrected chi connectivity index (χ4v) is 2.39. The summed E-state index contributed by atoms with van der Waals surface area (Å²) >= 11 is 0. The molecule has 0 fully saturated rings. The van der Waals surface area contributed by atoms with Crippen molar-refractivity contribution in [1.82, 2.24) is 5.43 Å². The molecule has 0 heterocycles. The summed E-state index contributed by atoms with van der Waals surface area (Å²) in [6, 6.07) is 14.1. The third-order valence-electron chi connectivity index (χ3n) is 3.67. The minimum Gasteiger partial charge on any atom is -0.325 e. The van der Waals surface area contributed by atoms with Gasteiger partial charge >= 0.3 is 0 Å². The summed E-state index contributed by atoms with van der Waals surface area (Å²) in [5.74, 6) is -0.864. The van der Waals surface area contributed by atoms with E-state index in [1.54, 1.807) is 43.3 Å². The predicted molar refractivity (Wildman–Crippen MR) is 106 cm³/mol. The Morgan fingerprint density at radius 2 is 1.48 bits per heavy atom. The number of hydrazone groups is 1. The number of nitrogens with zero attached hydrogens (tertiary/aromatic N) is 1. The zero-order valence-electron chi connectivity index (χ0n) is 15.5. The Kier molecular flexibility index (Phi) is 6.82. The van der Waals surface area contributed by atoms with Crippen LogP contribution < -0.4 is 16.1 Å². The molecular formula is C20H22N4O3. The number of aryl methyl sites for hydroxylation is 1. The summed E-state index contributed by atoms with van der Waals surface area (Å²) in [5, 5.41) is 9.36. The number of rotatable bonds is 6. The van der Waals surface area contributed by atoms with Crippen molar-refractivity contribution in [2.45, 2.75) is 27.2 Å². The highest BCUT2D eigenvalue weighted by atomic mass is 16.2. The Balaban J connectivity index is 1.96. The second kappa shape index (κ2) is 9.28. The van der Waals surface area contributed by atoms with Crippen LogP contribution in [0.2, 0.25) is 0 Å². The quantitative estimate of drug-likeness (QED) is 0.541. The van der Waals surface area contributed by atoms with Gasteiger partial charge in [0.1, 0.15) is 0 Å². The van der Waals surface area contributed by atoms with Gasteiger partial charge < -0.3 is 10.6 Å². The van der Waals surface area contributed by atoms with E-state index < -0.39 is 0 Å². The third kappa shape index (κ3) is 6.07. The fraction of sp³-hybridized carbons (Fsp3) is 0.200. The van der Waals surface area contributed by atoms with Gasteiger partial charge in [-0.1, -0.05) is 30.3 Å². The van der Waals surface area contributed by atoms with E-state index in [1.807, 2.05) is 19.1 Å². The summed E-state index contributed by atoms with van der Waals surface area (Å²) < 4.78 is 0. The van der Waals surface area contributed by atoms with Crippen molar-refractivity contribution in [3.05, 3.63) is 59.7 Å². The first-order chi connectivity index (χ1) is 12.9. The van der Waals surface area contributed by atoms with Crippen molar-refractivity contribution < 1.29 is 14.4 Å². The van der Waals surface area contributed by atoms with Crippen LogP contribution in [0.4, 0.5) is 11.4 Å². The van der Waals surface area contributed by atoms with Gasteiger partial charge in [-0.3, -0.25) is 14.4 Å². The van der Waals surface area contributed by atoms with Crippen molar-refractivity contribution in [2.75, 3.05) is 10.6 Å². The Hall–Kier alpha value is -3.48. The predicted octanol–water partition coefficient (Wildman–Crippen LogP) is 3.09. The molecule has 2 aromatic carbocycles. The molecule has 3 N–H and O–H groups in total. The smallest absolute Gasteiger partial charge is 0.271 e. The van der Waals surface area contributed by atoms with Gasteiger partial charge in [0.15, 0.2) is 0 Å². The van der Waals surface area contributed by atoms with Crippen molar-refractivity contribution in [3.63, 3.8) is 0 Å². The average molecular weight is 366 g/mol. The molecule has 0 atom stereocenters. The summed E-state index contributed by atoms with van der Waals surface area (Å²) in [6.07, 6.45) is 0.00244. The van der Waals surface area contributed by atoms with Crippen molar-refractivity contribution in [3.8, 4) is 0 Å². The van der Waals surface area contributed by atoms with Crippen molar-refractivity contribution >= 4 is 34.8 Å². The van der Waals surface area contributed by atoms with E-state index in [-0.39, 0.29) is 24.1 Å². The van der Waals surface area contributed by atoms with Crippen LogP contribution >= 0.6 is 0 Å². The van der Waals surface area contributed by atoms with Gasteiger partial charge in [-0.05, 0) is 37.6 Å². The minimum absolute atomic E-state index is 0.00244. The molecule has 0 bridgehead atoms. The normalized spacial score (nSPS) is 10.9. The largest absolute Gasteiger partial charge is 0.325 e. The zero-order valence-corrected chi connectivity index (χ0v) is 15.5. The minimum atomic E-state index is -0.330. The molecule has 0 saturated heterocycles. The standard InChI is InChI=1S/C20H22N4O3/c1-13-8-4-5-9-16(13)20(27)24-23-14(2)12-19(26)22-18-11-7-6-10-17(18)21-15(3)25/h4-11H,12H2,1-3H3,(H,21,25)(H,22,26)(H,24,27)/b23-14+. The molecule has 140 valence electrons. The van der Waals surface area contributed by atoms with Crippen LogP contribution in [0.15, 0.2) is 53.6 Å². The van der Waals surface area contributed by atoms with Gasteiger partial charge in [-0.2, -0.15) is 5.10 Å². The molecule has 0 spiro atoms. The molecule has 2 aromatic rings. The van der Waals surface area contributed by atoms with Crippen LogP contribution in [0.3, 0.4) is 0 Å². The lowest BCUT2D eigenvalue weighted by Gasteiger charge is -2.11. The molecular weight excluding hydrogens is 344 g/mol. The molecule has 0 aliphatic heterocycles. The highest BCUT2D eigenvalue weighted by Crippen LogP contribution is 2.21. The molecule has 0 aliphatic carbocycles. The second-order valence-electron chi connectivity index (χ2n) is 6.05. The number of hydrogen-bond donors (Lipinski definition) is 3. The number of para-hydroxylation sites is 2. The molecule has 3 amide bonds. The van der Waals surface area contributed by atoms with Crippen LogP contribution in [-0.2, 0) is 9.59 Å². The monoisotopic (exact) mass is 366 g/mol. The van der Waals surface area contributed by atoms with Crippen LogP contribution in [-0.4, -0.2) is 23.4 Å². The third-order valence-corrected chi connectivity index (χ3v) is 3.67. The van der Waals surface area contributed by atoms with Gasteiger partial charge in [0.05, 0.1) is 17.8 Å². The summed E-state index contributed by atoms with van der Waals surface area (Å²) in [5.41, 5.74) is 5.29. The van der Waals surface area contributed by atoms with Gasteiger partial charge in [0, 0.05) is 18.2 Å². The van der Waals surface area contributed by atoms with Crippen LogP contribution in [0, 0.1) is 6.92 Å². The highest BCUT2D eigenvalue weighted by Gasteiger charge is 2.10. The Morgan fingerprint density at radius 3 is 2.11 bits per heavy atom. The van der Waals surface area contributed by atoms with Gasteiger partial charge in [-0.25, -0.2) is 5.43 Å². The number of benzene rings is 2. The van der Waals surface area contributed by atoms with E-state index in [2.05, 4.69) is 21.2 Å². The van der Waals surface area contributed by atoms with Crippen LogP contribution in [0.25, 0.3) is 0 Å². The van der Waals surface area contributed by atoms with Crippen molar-refractivity contribution in [2.24, 2.45) is 5.10 Å². The molecule has 27 heavy (non-hydrogen) atoms. The average Bonchev–Trinajstić information content (AvgIpc) is 2.61. The summed E-state index contributed by atoms with van der Waals surface area (Å²) in [7, 11) is 0. The molecule has 7 heteroatoms. The number of nitrogens with one attached hydrogen (secondary N) is 3. The first-order valence-electron chi connectivity index (χ1n) is 8.42. The maximum atomic E-state index is 12.2. The lowest BCUT2D eigenvalue weighted by Crippen LogP contribution is -2.22. The van der Waals surface area contributed by atoms with E-state index >= 15 is 0 Å². The van der Waals surface area contributed by atoms with Gasteiger partial charge in [0.2, 0.25) is 11.8 Å². The van der Waals surface area contributed by atoms with Crippen LogP contribution in [0.5, 0.6) is 0 Å². The van der Waals surface area contributed by atoms with Gasteiger partial charge in [-0.15, -0.1) is 0 Å². The SMILES string of the molecule is CC(=O)Nc1ccccc1NC(=O)C/C(C)=N/NC(=O)c1ccccc1C. The van der Waals surface area contributed by atoms with Crippen LogP contribution in [0.1, 0.15) is 36.2 Å². The van der Waals surface area contributed by atoms with Crippen molar-refractivity contribution in [1.29, 1.82) is 0 Å². The van der Waals surface area contributed by atoms with E-state index in [0.29, 0.717) is 22.6 Å². The molecule has 0 unspecified atom stereocenters. The van der Waals surface area contributed by atoms with Gasteiger partial charge in [0.25, 0.3) is 5.91 Å². The number of anilines is 2. The summed E-state index contributed by atoms with van der Waals surface area (Å²) in [6.45, 7) is 4.88. The lowest BCUT2D eigenvalue weighted by atomic mass is 10.1. The molecule has 0 radical (unpaired) electrons. The number of carbonyl (C=O) groups is 3. The maximum Gasteiger partial charge on any atom is 0.271 e. The molecule has 2 rings (SSSR count). The maximum absolute atomic E-state index is 12.2. The topological polar surface area (TPSA) is 99.7 Å². The molecule has 0 aliphatic rings. The first-order valence-corrected chi connectivity index (χ1v) is 8.42. The molecule has 0 aromatic heterocycles. The number of hydrogen-bond acceptors (Lipinski definition) is 4. The van der Waals surface area contributed by atoms with E-state index in [4.69, 9.17) is 0 Å². The van der Waals surface area contributed by atoms with E-state index in [9.17, 15) is 14.4 Å². The first kappa shape index (κ1) is 19.8. The zero-order chi connectivity index (χ0) is 19.8. The fourth-order valence-electron chi connectivity index (χ4n) is 2.39. The number of carbonyl (C=O) groups excluding carboxylic acids is 3. The van der Waals surface area contributed by atoms with E-state index in [0.717, 1.165) is 5.56 Å². The highest BCUT2D eigenvalue weighted by molar-refractivity contribution is 6.08. The Bertz CT molecular complexity index is 890.